The number of pyridine rings is 1. The van der Waals surface area contributed by atoms with E-state index < -0.39 is 0 Å². The minimum atomic E-state index is 0.0548. The number of nitrogens with zero attached hydrogens (tertiary/aromatic N) is 1. The van der Waals surface area contributed by atoms with Crippen LogP contribution in [0.3, 0.4) is 0 Å². The van der Waals surface area contributed by atoms with Crippen LogP contribution in [0, 0.1) is 13.8 Å². The Labute approximate surface area is 101 Å². The molecule has 0 spiro atoms. The summed E-state index contributed by atoms with van der Waals surface area (Å²) in [5.74, 6) is 0. The van der Waals surface area contributed by atoms with Gasteiger partial charge in [-0.3, -0.25) is 4.98 Å². The molecule has 1 aromatic rings. The van der Waals surface area contributed by atoms with E-state index in [-0.39, 0.29) is 6.10 Å². The molecule has 0 saturated carbocycles. The van der Waals surface area contributed by atoms with Crippen molar-refractivity contribution in [2.45, 2.75) is 26.9 Å². The first kappa shape index (κ1) is 12.1. The van der Waals surface area contributed by atoms with Gasteiger partial charge in [0.15, 0.2) is 0 Å². The molecule has 1 unspecified atom stereocenters. The predicted octanol–water partition coefficient (Wildman–Crippen LogP) is 3.93. The van der Waals surface area contributed by atoms with E-state index in [4.69, 9.17) is 4.74 Å². The van der Waals surface area contributed by atoms with Gasteiger partial charge in [0.2, 0.25) is 0 Å². The van der Waals surface area contributed by atoms with E-state index >= 15 is 0 Å². The number of aryl methyl sites for hydroxylation is 2. The minimum absolute atomic E-state index is 0.0548. The SMILES string of the molecule is COC(C)c1c(Br)c(C)nc(C)c1Br. The summed E-state index contributed by atoms with van der Waals surface area (Å²) in [4.78, 5) is 4.40. The largest absolute Gasteiger partial charge is 0.377 e. The molecular formula is C10H13Br2NO. The van der Waals surface area contributed by atoms with Crippen LogP contribution in [0.5, 0.6) is 0 Å². The smallest absolute Gasteiger partial charge is 0.0816 e. The molecule has 0 saturated heterocycles. The van der Waals surface area contributed by atoms with Gasteiger partial charge in [0.1, 0.15) is 0 Å². The molecule has 0 N–H and O–H groups in total. The lowest BCUT2D eigenvalue weighted by Gasteiger charge is -2.16. The highest BCUT2D eigenvalue weighted by atomic mass is 79.9. The third-order valence-corrected chi connectivity index (χ3v) is 4.21. The van der Waals surface area contributed by atoms with Gasteiger partial charge in [-0.15, -0.1) is 0 Å². The molecule has 0 aliphatic rings. The summed E-state index contributed by atoms with van der Waals surface area (Å²) in [5, 5.41) is 0. The van der Waals surface area contributed by atoms with E-state index in [1.807, 2.05) is 20.8 Å². The lowest BCUT2D eigenvalue weighted by molar-refractivity contribution is 0.118. The zero-order valence-electron chi connectivity index (χ0n) is 8.69. The topological polar surface area (TPSA) is 22.1 Å². The lowest BCUT2D eigenvalue weighted by atomic mass is 10.1. The van der Waals surface area contributed by atoms with E-state index in [1.165, 1.54) is 0 Å². The maximum Gasteiger partial charge on any atom is 0.0816 e. The van der Waals surface area contributed by atoms with Crippen LogP contribution in [0.1, 0.15) is 30.0 Å². The van der Waals surface area contributed by atoms with Crippen LogP contribution in [-0.4, -0.2) is 12.1 Å². The molecule has 0 aliphatic carbocycles. The van der Waals surface area contributed by atoms with Crippen LogP contribution in [0.2, 0.25) is 0 Å². The van der Waals surface area contributed by atoms with Crippen LogP contribution in [0.25, 0.3) is 0 Å². The highest BCUT2D eigenvalue weighted by Crippen LogP contribution is 2.35. The van der Waals surface area contributed by atoms with Crippen LogP contribution in [-0.2, 0) is 4.74 Å². The molecule has 0 radical (unpaired) electrons. The summed E-state index contributed by atoms with van der Waals surface area (Å²) in [5.41, 5.74) is 3.10. The Bertz CT molecular complexity index is 326. The van der Waals surface area contributed by atoms with Crippen molar-refractivity contribution >= 4 is 31.9 Å². The van der Waals surface area contributed by atoms with Crippen molar-refractivity contribution in [3.05, 3.63) is 25.9 Å². The second-order valence-electron chi connectivity index (χ2n) is 3.20. The summed E-state index contributed by atoms with van der Waals surface area (Å²) in [6.45, 7) is 5.98. The fraction of sp³-hybridized carbons (Fsp3) is 0.500. The highest BCUT2D eigenvalue weighted by Gasteiger charge is 2.17. The van der Waals surface area contributed by atoms with E-state index in [0.717, 1.165) is 25.9 Å². The van der Waals surface area contributed by atoms with Gasteiger partial charge >= 0.3 is 0 Å². The van der Waals surface area contributed by atoms with Gasteiger partial charge in [-0.05, 0) is 52.6 Å². The molecule has 78 valence electrons. The van der Waals surface area contributed by atoms with E-state index in [2.05, 4.69) is 36.8 Å². The zero-order chi connectivity index (χ0) is 10.9. The Morgan fingerprint density at radius 1 is 1.14 bits per heavy atom. The maximum absolute atomic E-state index is 5.32. The van der Waals surface area contributed by atoms with Crippen LogP contribution < -0.4 is 0 Å². The molecule has 0 aromatic carbocycles. The highest BCUT2D eigenvalue weighted by molar-refractivity contribution is 9.11. The molecule has 1 rings (SSSR count). The van der Waals surface area contributed by atoms with E-state index in [0.29, 0.717) is 0 Å². The molecule has 0 aliphatic heterocycles. The van der Waals surface area contributed by atoms with Gasteiger partial charge in [-0.1, -0.05) is 0 Å². The number of hydrogen-bond donors (Lipinski definition) is 0. The van der Waals surface area contributed by atoms with Gasteiger partial charge in [-0.2, -0.15) is 0 Å². The number of aromatic nitrogens is 1. The first-order valence-corrected chi connectivity index (χ1v) is 5.92. The molecule has 0 fully saturated rings. The van der Waals surface area contributed by atoms with Gasteiger partial charge in [0, 0.05) is 21.6 Å². The van der Waals surface area contributed by atoms with Crippen LogP contribution in [0.15, 0.2) is 8.95 Å². The van der Waals surface area contributed by atoms with Gasteiger partial charge in [0.25, 0.3) is 0 Å². The summed E-state index contributed by atoms with van der Waals surface area (Å²) in [7, 11) is 1.70. The van der Waals surface area contributed by atoms with Crippen molar-refractivity contribution in [2.24, 2.45) is 0 Å². The van der Waals surface area contributed by atoms with Crippen molar-refractivity contribution in [1.82, 2.24) is 4.98 Å². The molecule has 4 heteroatoms. The number of halogens is 2. The van der Waals surface area contributed by atoms with Crippen LogP contribution >= 0.6 is 31.9 Å². The van der Waals surface area contributed by atoms with Gasteiger partial charge < -0.3 is 4.74 Å². The third-order valence-electron chi connectivity index (χ3n) is 2.20. The van der Waals surface area contributed by atoms with E-state index in [1.54, 1.807) is 7.11 Å². The Balaban J connectivity index is 3.39. The molecule has 1 heterocycles. The number of ether oxygens (including phenoxy) is 1. The summed E-state index contributed by atoms with van der Waals surface area (Å²) < 4.78 is 7.36. The van der Waals surface area contributed by atoms with Gasteiger partial charge in [-0.25, -0.2) is 0 Å². The molecule has 0 amide bonds. The first-order valence-electron chi connectivity index (χ1n) is 4.34. The van der Waals surface area contributed by atoms with E-state index in [9.17, 15) is 0 Å². The van der Waals surface area contributed by atoms with Crippen LogP contribution in [0.4, 0.5) is 0 Å². The molecule has 1 atom stereocenters. The average Bonchev–Trinajstić information content (AvgIpc) is 2.15. The number of methoxy groups -OCH3 is 1. The monoisotopic (exact) mass is 321 g/mol. The summed E-state index contributed by atoms with van der Waals surface area (Å²) >= 11 is 7.07. The number of rotatable bonds is 2. The normalized spacial score (nSPS) is 13.0. The number of hydrogen-bond acceptors (Lipinski definition) is 2. The predicted molar refractivity (Wildman–Crippen MR) is 64.5 cm³/mol. The second-order valence-corrected chi connectivity index (χ2v) is 4.79. The van der Waals surface area contributed by atoms with Gasteiger partial charge in [0.05, 0.1) is 17.5 Å². The Kier molecular flexibility index (Phi) is 4.10. The molecular weight excluding hydrogens is 310 g/mol. The Hall–Kier alpha value is 0.0700. The molecule has 2 nitrogen and oxygen atoms in total. The third kappa shape index (κ3) is 2.18. The lowest BCUT2D eigenvalue weighted by Crippen LogP contribution is -2.03. The molecule has 0 bridgehead atoms. The molecule has 1 aromatic heterocycles. The Morgan fingerprint density at radius 2 is 1.57 bits per heavy atom. The quantitative estimate of drug-likeness (QED) is 0.823. The van der Waals surface area contributed by atoms with Crippen molar-refractivity contribution < 1.29 is 4.74 Å². The summed E-state index contributed by atoms with van der Waals surface area (Å²) in [6.07, 6.45) is 0.0548. The minimum Gasteiger partial charge on any atom is -0.377 e. The Morgan fingerprint density at radius 3 is 1.93 bits per heavy atom. The summed E-state index contributed by atoms with van der Waals surface area (Å²) in [6, 6.07) is 0. The average molecular weight is 323 g/mol. The van der Waals surface area contributed by atoms with Crippen molar-refractivity contribution in [1.29, 1.82) is 0 Å². The fourth-order valence-corrected chi connectivity index (χ4v) is 2.80. The first-order chi connectivity index (χ1) is 6.49. The van der Waals surface area contributed by atoms with Crippen molar-refractivity contribution in [3.63, 3.8) is 0 Å². The second kappa shape index (κ2) is 4.73. The zero-order valence-corrected chi connectivity index (χ0v) is 11.9. The molecule has 14 heavy (non-hydrogen) atoms. The van der Waals surface area contributed by atoms with Crippen molar-refractivity contribution in [3.8, 4) is 0 Å². The fourth-order valence-electron chi connectivity index (χ4n) is 1.31. The van der Waals surface area contributed by atoms with Crippen molar-refractivity contribution in [2.75, 3.05) is 7.11 Å². The maximum atomic E-state index is 5.32. The standard InChI is InChI=1S/C10H13Br2NO/c1-5-9(11)8(7(3)14-4)10(12)6(2)13-5/h7H,1-4H3.